The van der Waals surface area contributed by atoms with Crippen LogP contribution < -0.4 is 5.32 Å². The molecule has 0 unspecified atom stereocenters. The Morgan fingerprint density at radius 1 is 1.11 bits per heavy atom. The van der Waals surface area contributed by atoms with E-state index < -0.39 is 0 Å². The van der Waals surface area contributed by atoms with Gasteiger partial charge in [-0.25, -0.2) is 4.39 Å². The molecule has 0 saturated carbocycles. The first-order chi connectivity index (χ1) is 9.19. The third-order valence-electron chi connectivity index (χ3n) is 2.89. The fourth-order valence-electron chi connectivity index (χ4n) is 2.02. The molecule has 1 N–H and O–H groups in total. The number of benzene rings is 1. The van der Waals surface area contributed by atoms with Gasteiger partial charge >= 0.3 is 0 Å². The van der Waals surface area contributed by atoms with Crippen LogP contribution in [0.25, 0.3) is 0 Å². The first-order valence-corrected chi connectivity index (χ1v) is 6.33. The van der Waals surface area contributed by atoms with Crippen molar-refractivity contribution in [1.82, 2.24) is 10.2 Å². The largest absolute Gasteiger partial charge is 0.463 e. The summed E-state index contributed by atoms with van der Waals surface area (Å²) < 4.78 is 19.2. The van der Waals surface area contributed by atoms with Crippen LogP contribution in [-0.4, -0.2) is 19.0 Å². The van der Waals surface area contributed by atoms with Gasteiger partial charge in [0.25, 0.3) is 0 Å². The highest BCUT2D eigenvalue weighted by molar-refractivity contribution is 5.17. The van der Waals surface area contributed by atoms with Crippen molar-refractivity contribution in [3.05, 3.63) is 59.3 Å². The van der Waals surface area contributed by atoms with Gasteiger partial charge in [0.1, 0.15) is 17.3 Å². The minimum atomic E-state index is -0.162. The van der Waals surface area contributed by atoms with Gasteiger partial charge < -0.3 is 9.73 Å². The molecule has 1 aromatic heterocycles. The molecule has 19 heavy (non-hydrogen) atoms. The molecular formula is C15H19FN2O. The quantitative estimate of drug-likeness (QED) is 0.867. The highest BCUT2D eigenvalue weighted by Gasteiger charge is 2.08. The lowest BCUT2D eigenvalue weighted by atomic mass is 10.2. The van der Waals surface area contributed by atoms with E-state index in [0.717, 1.165) is 18.1 Å². The molecule has 2 aromatic rings. The molecule has 102 valence electrons. The lowest BCUT2D eigenvalue weighted by Crippen LogP contribution is -2.17. The Morgan fingerprint density at radius 2 is 1.84 bits per heavy atom. The predicted molar refractivity (Wildman–Crippen MR) is 73.0 cm³/mol. The van der Waals surface area contributed by atoms with Crippen molar-refractivity contribution in [2.45, 2.75) is 19.6 Å². The Bertz CT molecular complexity index is 524. The summed E-state index contributed by atoms with van der Waals surface area (Å²) in [5, 5.41) is 3.04. The number of rotatable bonds is 6. The second-order valence-electron chi connectivity index (χ2n) is 4.66. The van der Waals surface area contributed by atoms with Crippen molar-refractivity contribution < 1.29 is 8.81 Å². The maximum absolute atomic E-state index is 13.5. The molecule has 0 aliphatic heterocycles. The van der Waals surface area contributed by atoms with E-state index in [2.05, 4.69) is 5.32 Å². The van der Waals surface area contributed by atoms with E-state index >= 15 is 0 Å². The van der Waals surface area contributed by atoms with Crippen LogP contribution in [0.3, 0.4) is 0 Å². The zero-order valence-corrected chi connectivity index (χ0v) is 11.3. The van der Waals surface area contributed by atoms with Crippen molar-refractivity contribution in [2.24, 2.45) is 0 Å². The average molecular weight is 262 g/mol. The summed E-state index contributed by atoms with van der Waals surface area (Å²) in [5.41, 5.74) is 0.701. The molecule has 2 rings (SSSR count). The van der Waals surface area contributed by atoms with Crippen LogP contribution in [0.4, 0.5) is 4.39 Å². The molecule has 0 bridgehead atoms. The minimum absolute atomic E-state index is 0.162. The van der Waals surface area contributed by atoms with Gasteiger partial charge in [-0.1, -0.05) is 18.2 Å². The normalized spacial score (nSPS) is 11.2. The Kier molecular flexibility index (Phi) is 4.71. The fraction of sp³-hybridized carbons (Fsp3) is 0.333. The van der Waals surface area contributed by atoms with Crippen LogP contribution >= 0.6 is 0 Å². The van der Waals surface area contributed by atoms with Gasteiger partial charge in [0.05, 0.1) is 13.1 Å². The summed E-state index contributed by atoms with van der Waals surface area (Å²) in [6.07, 6.45) is 0. The fourth-order valence-corrected chi connectivity index (χ4v) is 2.02. The van der Waals surface area contributed by atoms with Gasteiger partial charge in [0.2, 0.25) is 0 Å². The maximum Gasteiger partial charge on any atom is 0.127 e. The Hall–Kier alpha value is -1.65. The highest BCUT2D eigenvalue weighted by atomic mass is 19.1. The Morgan fingerprint density at radius 3 is 2.58 bits per heavy atom. The minimum Gasteiger partial charge on any atom is -0.463 e. The summed E-state index contributed by atoms with van der Waals surface area (Å²) in [6.45, 7) is 1.95. The van der Waals surface area contributed by atoms with E-state index in [0.29, 0.717) is 18.7 Å². The van der Waals surface area contributed by atoms with E-state index in [9.17, 15) is 4.39 Å². The van der Waals surface area contributed by atoms with Gasteiger partial charge in [-0.05, 0) is 32.3 Å². The van der Waals surface area contributed by atoms with Crippen LogP contribution in [0.2, 0.25) is 0 Å². The number of nitrogens with zero attached hydrogens (tertiary/aromatic N) is 1. The predicted octanol–water partition coefficient (Wildman–Crippen LogP) is 2.77. The van der Waals surface area contributed by atoms with Gasteiger partial charge in [-0.15, -0.1) is 0 Å². The molecule has 0 amide bonds. The van der Waals surface area contributed by atoms with Gasteiger partial charge in [-0.2, -0.15) is 0 Å². The lowest BCUT2D eigenvalue weighted by molar-refractivity contribution is 0.279. The van der Waals surface area contributed by atoms with E-state index in [1.54, 1.807) is 12.1 Å². The van der Waals surface area contributed by atoms with Crippen molar-refractivity contribution in [3.63, 3.8) is 0 Å². The third-order valence-corrected chi connectivity index (χ3v) is 2.89. The summed E-state index contributed by atoms with van der Waals surface area (Å²) in [4.78, 5) is 2.03. The monoisotopic (exact) mass is 262 g/mol. The molecular weight excluding hydrogens is 243 g/mol. The number of hydrogen-bond donors (Lipinski definition) is 1. The summed E-state index contributed by atoms with van der Waals surface area (Å²) >= 11 is 0. The molecule has 0 aliphatic rings. The summed E-state index contributed by atoms with van der Waals surface area (Å²) in [5.74, 6) is 1.64. The Balaban J connectivity index is 1.93. The van der Waals surface area contributed by atoms with Crippen LogP contribution in [-0.2, 0) is 19.6 Å². The van der Waals surface area contributed by atoms with Crippen molar-refractivity contribution >= 4 is 0 Å². The van der Waals surface area contributed by atoms with E-state index in [4.69, 9.17) is 4.42 Å². The molecule has 3 nitrogen and oxygen atoms in total. The van der Waals surface area contributed by atoms with Crippen molar-refractivity contribution in [2.75, 3.05) is 14.1 Å². The van der Waals surface area contributed by atoms with E-state index in [1.165, 1.54) is 6.07 Å². The average Bonchev–Trinajstić information content (AvgIpc) is 2.80. The molecule has 0 radical (unpaired) electrons. The summed E-state index contributed by atoms with van der Waals surface area (Å²) in [6, 6.07) is 10.8. The van der Waals surface area contributed by atoms with Gasteiger partial charge in [0.15, 0.2) is 0 Å². The number of nitrogens with one attached hydrogen (secondary N) is 1. The zero-order valence-electron chi connectivity index (χ0n) is 11.3. The molecule has 0 atom stereocenters. The van der Waals surface area contributed by atoms with Crippen LogP contribution in [0, 0.1) is 5.82 Å². The molecule has 1 aromatic carbocycles. The highest BCUT2D eigenvalue weighted by Crippen LogP contribution is 2.13. The smallest absolute Gasteiger partial charge is 0.127 e. The van der Waals surface area contributed by atoms with Gasteiger partial charge in [0, 0.05) is 12.1 Å². The van der Waals surface area contributed by atoms with Crippen LogP contribution in [0.5, 0.6) is 0 Å². The number of halogens is 1. The number of hydrogen-bond acceptors (Lipinski definition) is 3. The first kappa shape index (κ1) is 13.8. The molecule has 0 spiro atoms. The van der Waals surface area contributed by atoms with Crippen molar-refractivity contribution in [1.29, 1.82) is 0 Å². The molecule has 0 fully saturated rings. The first-order valence-electron chi connectivity index (χ1n) is 6.33. The molecule has 1 heterocycles. The second-order valence-corrected chi connectivity index (χ2v) is 4.66. The standard InChI is InChI=1S/C15H19FN2O/c1-17-9-13-7-8-14(19-13)11-18(2)10-12-5-3-4-6-15(12)16/h3-8,17H,9-11H2,1-2H3. The second kappa shape index (κ2) is 6.50. The maximum atomic E-state index is 13.5. The van der Waals surface area contributed by atoms with Crippen molar-refractivity contribution in [3.8, 4) is 0 Å². The van der Waals surface area contributed by atoms with Gasteiger partial charge in [-0.3, -0.25) is 4.90 Å². The van der Waals surface area contributed by atoms with Crippen LogP contribution in [0.15, 0.2) is 40.8 Å². The SMILES string of the molecule is CNCc1ccc(CN(C)Cc2ccccc2F)o1. The third kappa shape index (κ3) is 3.91. The number of furan rings is 1. The Labute approximate surface area is 113 Å². The van der Waals surface area contributed by atoms with Crippen LogP contribution in [0.1, 0.15) is 17.1 Å². The molecule has 4 heteroatoms. The van der Waals surface area contributed by atoms with E-state index in [-0.39, 0.29) is 5.82 Å². The topological polar surface area (TPSA) is 28.4 Å². The lowest BCUT2D eigenvalue weighted by Gasteiger charge is -2.15. The molecule has 0 aliphatic carbocycles. The van der Waals surface area contributed by atoms with E-state index in [1.807, 2.05) is 37.2 Å². The molecule has 0 saturated heterocycles. The summed E-state index contributed by atoms with van der Waals surface area (Å²) in [7, 11) is 3.83. The zero-order chi connectivity index (χ0) is 13.7.